The number of hydrogen-bond donors (Lipinski definition) is 0. The number of likely N-dealkylation sites (tertiary alicyclic amines) is 1. The number of aromatic nitrogens is 1. The number of carbonyl (C=O) groups excluding carboxylic acids is 1. The van der Waals surface area contributed by atoms with Gasteiger partial charge in [-0.25, -0.2) is 4.98 Å². The van der Waals surface area contributed by atoms with E-state index in [0.29, 0.717) is 6.42 Å². The van der Waals surface area contributed by atoms with Gasteiger partial charge < -0.3 is 9.64 Å². The SMILES string of the molecule is Cc1ccc(C)c(CC(=O)N2CCC(Oc3nc4c(C)ccc(C)c4s3)CC2)c1. The van der Waals surface area contributed by atoms with Crippen molar-refractivity contribution < 1.29 is 9.53 Å². The Morgan fingerprint density at radius 3 is 2.48 bits per heavy atom. The van der Waals surface area contributed by atoms with E-state index in [1.807, 2.05) is 4.90 Å². The topological polar surface area (TPSA) is 42.4 Å². The maximum atomic E-state index is 12.8. The lowest BCUT2D eigenvalue weighted by Crippen LogP contribution is -2.42. The number of amides is 1. The van der Waals surface area contributed by atoms with Gasteiger partial charge in [-0.3, -0.25) is 4.79 Å². The van der Waals surface area contributed by atoms with Crippen LogP contribution >= 0.6 is 11.3 Å². The molecule has 0 unspecified atom stereocenters. The Morgan fingerprint density at radius 1 is 1.07 bits per heavy atom. The molecule has 0 atom stereocenters. The largest absolute Gasteiger partial charge is 0.467 e. The Bertz CT molecular complexity index is 1010. The minimum absolute atomic E-state index is 0.126. The van der Waals surface area contributed by atoms with E-state index in [1.165, 1.54) is 27.0 Å². The standard InChI is InChI=1S/C24H28N2O2S/c1-15-5-6-16(2)19(13-15)14-21(27)26-11-9-20(10-12-26)28-24-25-22-17(3)7-8-18(4)23(22)29-24/h5-8,13,20H,9-12,14H2,1-4H3. The zero-order chi connectivity index (χ0) is 20.5. The molecule has 1 saturated heterocycles. The minimum atomic E-state index is 0.126. The predicted octanol–water partition coefficient (Wildman–Crippen LogP) is 5.14. The number of rotatable bonds is 4. The van der Waals surface area contributed by atoms with E-state index < -0.39 is 0 Å². The lowest BCUT2D eigenvalue weighted by atomic mass is 10.0. The van der Waals surface area contributed by atoms with Gasteiger partial charge in [-0.05, 0) is 49.9 Å². The van der Waals surface area contributed by atoms with Crippen LogP contribution in [0.3, 0.4) is 0 Å². The highest BCUT2D eigenvalue weighted by atomic mass is 32.1. The van der Waals surface area contributed by atoms with E-state index in [9.17, 15) is 4.79 Å². The highest BCUT2D eigenvalue weighted by Crippen LogP contribution is 2.33. The summed E-state index contributed by atoms with van der Waals surface area (Å²) < 4.78 is 7.41. The number of nitrogens with zero attached hydrogens (tertiary/aromatic N) is 2. The summed E-state index contributed by atoms with van der Waals surface area (Å²) >= 11 is 1.63. The number of fused-ring (bicyclic) bond motifs is 1. The molecule has 1 amide bonds. The summed E-state index contributed by atoms with van der Waals surface area (Å²) in [4.78, 5) is 19.5. The van der Waals surface area contributed by atoms with Crippen molar-refractivity contribution >= 4 is 27.5 Å². The van der Waals surface area contributed by atoms with Crippen LogP contribution in [0.4, 0.5) is 0 Å². The number of thiazole rings is 1. The number of benzene rings is 2. The van der Waals surface area contributed by atoms with Crippen molar-refractivity contribution in [1.82, 2.24) is 9.88 Å². The van der Waals surface area contributed by atoms with Crippen LogP contribution in [0.1, 0.15) is 40.7 Å². The second-order valence-electron chi connectivity index (χ2n) is 8.16. The molecule has 0 bridgehead atoms. The Balaban J connectivity index is 1.36. The summed E-state index contributed by atoms with van der Waals surface area (Å²) in [5.74, 6) is 0.211. The summed E-state index contributed by atoms with van der Waals surface area (Å²) in [6.45, 7) is 9.84. The van der Waals surface area contributed by atoms with Crippen molar-refractivity contribution in [3.63, 3.8) is 0 Å². The number of piperidine rings is 1. The monoisotopic (exact) mass is 408 g/mol. The van der Waals surface area contributed by atoms with Crippen LogP contribution in [0.2, 0.25) is 0 Å². The van der Waals surface area contributed by atoms with Gasteiger partial charge in [-0.2, -0.15) is 0 Å². The molecule has 1 aliphatic rings. The zero-order valence-electron chi connectivity index (χ0n) is 17.6. The molecule has 0 aliphatic carbocycles. The van der Waals surface area contributed by atoms with Crippen LogP contribution in [0.25, 0.3) is 10.2 Å². The smallest absolute Gasteiger partial charge is 0.274 e. The van der Waals surface area contributed by atoms with Crippen LogP contribution in [0.15, 0.2) is 30.3 Å². The molecule has 4 nitrogen and oxygen atoms in total. The summed E-state index contributed by atoms with van der Waals surface area (Å²) in [6.07, 6.45) is 2.31. The van der Waals surface area contributed by atoms with Crippen LogP contribution in [-0.4, -0.2) is 35.0 Å². The molecule has 2 aromatic carbocycles. The maximum absolute atomic E-state index is 12.8. The summed E-state index contributed by atoms with van der Waals surface area (Å²) in [5.41, 5.74) is 6.99. The van der Waals surface area contributed by atoms with Gasteiger partial charge in [0.25, 0.3) is 5.19 Å². The van der Waals surface area contributed by atoms with Gasteiger partial charge >= 0.3 is 0 Å². The molecule has 29 heavy (non-hydrogen) atoms. The Kier molecular flexibility index (Phi) is 5.59. The van der Waals surface area contributed by atoms with Crippen molar-refractivity contribution in [2.75, 3.05) is 13.1 Å². The van der Waals surface area contributed by atoms with Gasteiger partial charge in [-0.15, -0.1) is 0 Å². The van der Waals surface area contributed by atoms with E-state index in [2.05, 4.69) is 58.0 Å². The van der Waals surface area contributed by atoms with E-state index in [4.69, 9.17) is 9.72 Å². The third kappa shape index (κ3) is 4.30. The quantitative estimate of drug-likeness (QED) is 0.600. The average Bonchev–Trinajstić information content (AvgIpc) is 3.13. The molecule has 4 rings (SSSR count). The highest BCUT2D eigenvalue weighted by molar-refractivity contribution is 7.20. The Morgan fingerprint density at radius 2 is 1.76 bits per heavy atom. The Labute approximate surface area is 176 Å². The maximum Gasteiger partial charge on any atom is 0.274 e. The average molecular weight is 409 g/mol. The van der Waals surface area contributed by atoms with Crippen LogP contribution in [-0.2, 0) is 11.2 Å². The van der Waals surface area contributed by atoms with Crippen molar-refractivity contribution in [3.05, 3.63) is 58.1 Å². The number of hydrogen-bond acceptors (Lipinski definition) is 4. The minimum Gasteiger partial charge on any atom is -0.467 e. The van der Waals surface area contributed by atoms with E-state index in [-0.39, 0.29) is 12.0 Å². The molecule has 5 heteroatoms. The third-order valence-electron chi connectivity index (χ3n) is 5.83. The second-order valence-corrected chi connectivity index (χ2v) is 9.12. The van der Waals surface area contributed by atoms with Crippen molar-refractivity contribution in [1.29, 1.82) is 0 Å². The molecule has 3 aromatic rings. The highest BCUT2D eigenvalue weighted by Gasteiger charge is 2.25. The van der Waals surface area contributed by atoms with Crippen LogP contribution in [0.5, 0.6) is 5.19 Å². The van der Waals surface area contributed by atoms with Gasteiger partial charge in [0.15, 0.2) is 0 Å². The first-order valence-electron chi connectivity index (χ1n) is 10.3. The van der Waals surface area contributed by atoms with E-state index >= 15 is 0 Å². The number of carbonyl (C=O) groups is 1. The summed E-state index contributed by atoms with van der Waals surface area (Å²) in [5, 5.41) is 0.748. The Hall–Kier alpha value is -2.40. The molecule has 1 aliphatic heterocycles. The molecular weight excluding hydrogens is 380 g/mol. The second kappa shape index (κ2) is 8.15. The predicted molar refractivity (Wildman–Crippen MR) is 119 cm³/mol. The first kappa shape index (κ1) is 19.9. The van der Waals surface area contributed by atoms with Gasteiger partial charge in [-0.1, -0.05) is 47.2 Å². The van der Waals surface area contributed by atoms with Crippen LogP contribution in [0, 0.1) is 27.7 Å². The van der Waals surface area contributed by atoms with Crippen molar-refractivity contribution in [3.8, 4) is 5.19 Å². The fraction of sp³-hybridized carbons (Fsp3) is 0.417. The molecule has 1 aromatic heterocycles. The van der Waals surface area contributed by atoms with Gasteiger partial charge in [0.05, 0.1) is 16.6 Å². The van der Waals surface area contributed by atoms with Gasteiger partial charge in [0.1, 0.15) is 6.10 Å². The van der Waals surface area contributed by atoms with Crippen LogP contribution < -0.4 is 4.74 Å². The molecule has 0 saturated carbocycles. The normalized spacial score (nSPS) is 15.1. The summed E-state index contributed by atoms with van der Waals surface area (Å²) in [6, 6.07) is 10.6. The first-order valence-corrected chi connectivity index (χ1v) is 11.1. The van der Waals surface area contributed by atoms with E-state index in [1.54, 1.807) is 11.3 Å². The first-order chi connectivity index (χ1) is 13.9. The number of aryl methyl sites for hydroxylation is 4. The van der Waals surface area contributed by atoms with E-state index in [0.717, 1.165) is 42.2 Å². The summed E-state index contributed by atoms with van der Waals surface area (Å²) in [7, 11) is 0. The van der Waals surface area contributed by atoms with Gasteiger partial charge in [0, 0.05) is 25.9 Å². The molecular formula is C24H28N2O2S. The molecule has 0 N–H and O–H groups in total. The van der Waals surface area contributed by atoms with Crippen molar-refractivity contribution in [2.45, 2.75) is 53.1 Å². The number of ether oxygens (including phenoxy) is 1. The third-order valence-corrected chi connectivity index (χ3v) is 6.91. The molecule has 2 heterocycles. The molecule has 152 valence electrons. The lowest BCUT2D eigenvalue weighted by Gasteiger charge is -2.31. The lowest BCUT2D eigenvalue weighted by molar-refractivity contribution is -0.132. The van der Waals surface area contributed by atoms with Gasteiger partial charge in [0.2, 0.25) is 5.91 Å². The zero-order valence-corrected chi connectivity index (χ0v) is 18.4. The fourth-order valence-electron chi connectivity index (χ4n) is 3.92. The molecule has 1 fully saturated rings. The molecule has 0 spiro atoms. The molecule has 0 radical (unpaired) electrons. The van der Waals surface area contributed by atoms with Crippen molar-refractivity contribution in [2.24, 2.45) is 0 Å². The fourth-order valence-corrected chi connectivity index (χ4v) is 4.95.